The van der Waals surface area contributed by atoms with Crippen molar-refractivity contribution in [2.24, 2.45) is 0 Å². The number of rotatable bonds is 15. The van der Waals surface area contributed by atoms with Crippen molar-refractivity contribution in [3.8, 4) is 0 Å². The Balaban J connectivity index is 2.14. The van der Waals surface area contributed by atoms with Gasteiger partial charge in [-0.3, -0.25) is 9.59 Å². The summed E-state index contributed by atoms with van der Waals surface area (Å²) in [4.78, 5) is 24.2. The Morgan fingerprint density at radius 1 is 0.778 bits per heavy atom. The molecule has 152 valence electrons. The molecule has 0 radical (unpaired) electrons. The zero-order valence-corrected chi connectivity index (χ0v) is 17.3. The van der Waals surface area contributed by atoms with E-state index < -0.39 is 0 Å². The zero-order chi connectivity index (χ0) is 19.7. The summed E-state index contributed by atoms with van der Waals surface area (Å²) >= 11 is 0. The molecule has 1 aromatic carbocycles. The molecule has 2 N–H and O–H groups in total. The van der Waals surface area contributed by atoms with Crippen LogP contribution in [-0.4, -0.2) is 18.4 Å². The number of anilines is 1. The third kappa shape index (κ3) is 10.8. The van der Waals surface area contributed by atoms with Crippen LogP contribution in [0.3, 0.4) is 0 Å². The maximum atomic E-state index is 12.2. The van der Waals surface area contributed by atoms with Crippen LogP contribution in [0.2, 0.25) is 0 Å². The molecule has 0 aliphatic rings. The molecule has 2 amide bonds. The van der Waals surface area contributed by atoms with Gasteiger partial charge in [0.05, 0.1) is 11.3 Å². The Bertz CT molecular complexity index is 543. The summed E-state index contributed by atoms with van der Waals surface area (Å²) in [5.74, 6) is -0.161. The van der Waals surface area contributed by atoms with Crippen molar-refractivity contribution < 1.29 is 9.59 Å². The molecule has 0 spiro atoms. The minimum Gasteiger partial charge on any atom is -0.352 e. The van der Waals surface area contributed by atoms with E-state index in [1.165, 1.54) is 57.8 Å². The maximum Gasteiger partial charge on any atom is 0.253 e. The summed E-state index contributed by atoms with van der Waals surface area (Å²) in [6.07, 6.45) is 14.5. The number of amides is 2. The second-order valence-electron chi connectivity index (χ2n) is 7.24. The first-order chi connectivity index (χ1) is 13.2. The average Bonchev–Trinajstić information content (AvgIpc) is 2.66. The minimum absolute atomic E-state index is 0.0114. The fourth-order valence-electron chi connectivity index (χ4n) is 3.21. The molecule has 4 heteroatoms. The fraction of sp³-hybridized carbons (Fsp3) is 0.652. The van der Waals surface area contributed by atoms with Crippen LogP contribution in [0.25, 0.3) is 0 Å². The Morgan fingerprint density at radius 2 is 1.33 bits per heavy atom. The summed E-state index contributed by atoms with van der Waals surface area (Å²) < 4.78 is 0. The first kappa shape index (κ1) is 23.2. The minimum atomic E-state index is -0.150. The fourth-order valence-corrected chi connectivity index (χ4v) is 3.21. The molecule has 0 aromatic heterocycles. The van der Waals surface area contributed by atoms with E-state index in [9.17, 15) is 9.59 Å². The van der Waals surface area contributed by atoms with Gasteiger partial charge in [0.25, 0.3) is 5.91 Å². The van der Waals surface area contributed by atoms with E-state index in [1.54, 1.807) is 12.1 Å². The number of carbonyl (C=O) groups is 2. The van der Waals surface area contributed by atoms with Gasteiger partial charge in [-0.2, -0.15) is 0 Å². The predicted octanol–water partition coefficient (Wildman–Crippen LogP) is 6.08. The molecule has 0 unspecified atom stereocenters. The van der Waals surface area contributed by atoms with E-state index in [0.29, 0.717) is 24.2 Å². The second-order valence-corrected chi connectivity index (χ2v) is 7.24. The molecule has 0 saturated carbocycles. The highest BCUT2D eigenvalue weighted by atomic mass is 16.2. The van der Waals surface area contributed by atoms with Crippen LogP contribution in [0.4, 0.5) is 5.69 Å². The third-order valence-electron chi connectivity index (χ3n) is 4.79. The Labute approximate surface area is 165 Å². The lowest BCUT2D eigenvalue weighted by molar-refractivity contribution is -0.116. The van der Waals surface area contributed by atoms with Crippen molar-refractivity contribution >= 4 is 17.5 Å². The molecular weight excluding hydrogens is 336 g/mol. The third-order valence-corrected chi connectivity index (χ3v) is 4.79. The van der Waals surface area contributed by atoms with Gasteiger partial charge in [0.2, 0.25) is 5.91 Å². The maximum absolute atomic E-state index is 12.2. The van der Waals surface area contributed by atoms with Crippen LogP contribution in [-0.2, 0) is 4.79 Å². The van der Waals surface area contributed by atoms with Crippen molar-refractivity contribution in [2.75, 3.05) is 11.9 Å². The summed E-state index contributed by atoms with van der Waals surface area (Å²) in [5, 5.41) is 5.66. The number of benzene rings is 1. The average molecular weight is 375 g/mol. The molecule has 4 nitrogen and oxygen atoms in total. The standard InChI is InChI=1S/C23H38N2O2/c1-3-5-6-7-8-9-10-11-12-13-14-19-22(26)25-21-18-16-15-17-20(21)23(27)24-4-2/h15-18H,3-14,19H2,1-2H3,(H,24,27)(H,25,26). The molecule has 27 heavy (non-hydrogen) atoms. The quantitative estimate of drug-likeness (QED) is 0.366. The van der Waals surface area contributed by atoms with Crippen LogP contribution in [0, 0.1) is 0 Å². The second kappa shape index (κ2) is 15.2. The van der Waals surface area contributed by atoms with Crippen molar-refractivity contribution in [2.45, 2.75) is 90.9 Å². The lowest BCUT2D eigenvalue weighted by Gasteiger charge is -2.10. The van der Waals surface area contributed by atoms with E-state index in [0.717, 1.165) is 12.8 Å². The van der Waals surface area contributed by atoms with E-state index in [4.69, 9.17) is 0 Å². The van der Waals surface area contributed by atoms with Crippen LogP contribution in [0.15, 0.2) is 24.3 Å². The summed E-state index contributed by atoms with van der Waals surface area (Å²) in [5.41, 5.74) is 1.11. The summed E-state index contributed by atoms with van der Waals surface area (Å²) in [7, 11) is 0. The molecule has 0 atom stereocenters. The number of unbranched alkanes of at least 4 members (excludes halogenated alkanes) is 10. The van der Waals surface area contributed by atoms with Crippen LogP contribution < -0.4 is 10.6 Å². The van der Waals surface area contributed by atoms with Gasteiger partial charge in [-0.15, -0.1) is 0 Å². The smallest absolute Gasteiger partial charge is 0.253 e. The monoisotopic (exact) mass is 374 g/mol. The summed E-state index contributed by atoms with van der Waals surface area (Å²) in [6.45, 7) is 4.70. The van der Waals surface area contributed by atoms with E-state index in [1.807, 2.05) is 19.1 Å². The van der Waals surface area contributed by atoms with Gasteiger partial charge in [-0.1, -0.05) is 83.3 Å². The van der Waals surface area contributed by atoms with Crippen molar-refractivity contribution in [3.63, 3.8) is 0 Å². The SMILES string of the molecule is CCCCCCCCCCCCCC(=O)Nc1ccccc1C(=O)NCC. The molecule has 0 saturated heterocycles. The highest BCUT2D eigenvalue weighted by Crippen LogP contribution is 2.16. The van der Waals surface area contributed by atoms with Gasteiger partial charge in [0.15, 0.2) is 0 Å². The van der Waals surface area contributed by atoms with Gasteiger partial charge in [0, 0.05) is 13.0 Å². The number of hydrogen-bond acceptors (Lipinski definition) is 2. The van der Waals surface area contributed by atoms with Gasteiger partial charge in [-0.25, -0.2) is 0 Å². The Hall–Kier alpha value is -1.84. The van der Waals surface area contributed by atoms with Gasteiger partial charge >= 0.3 is 0 Å². The number of carbonyl (C=O) groups excluding carboxylic acids is 2. The number of hydrogen-bond donors (Lipinski definition) is 2. The lowest BCUT2D eigenvalue weighted by Crippen LogP contribution is -2.24. The van der Waals surface area contributed by atoms with Gasteiger partial charge < -0.3 is 10.6 Å². The highest BCUT2D eigenvalue weighted by Gasteiger charge is 2.11. The topological polar surface area (TPSA) is 58.2 Å². The highest BCUT2D eigenvalue weighted by molar-refractivity contribution is 6.03. The van der Waals surface area contributed by atoms with Gasteiger partial charge in [-0.05, 0) is 25.5 Å². The van der Waals surface area contributed by atoms with Crippen molar-refractivity contribution in [3.05, 3.63) is 29.8 Å². The first-order valence-electron chi connectivity index (χ1n) is 10.9. The normalized spacial score (nSPS) is 10.6. The Morgan fingerprint density at radius 3 is 1.93 bits per heavy atom. The lowest BCUT2D eigenvalue weighted by atomic mass is 10.1. The molecule has 1 aromatic rings. The number of para-hydroxylation sites is 1. The molecular formula is C23H38N2O2. The molecule has 0 bridgehead atoms. The van der Waals surface area contributed by atoms with E-state index in [-0.39, 0.29) is 11.8 Å². The molecule has 0 aliphatic heterocycles. The molecule has 0 heterocycles. The van der Waals surface area contributed by atoms with E-state index >= 15 is 0 Å². The van der Waals surface area contributed by atoms with Gasteiger partial charge in [0.1, 0.15) is 0 Å². The first-order valence-corrected chi connectivity index (χ1v) is 10.9. The van der Waals surface area contributed by atoms with Crippen LogP contribution in [0.1, 0.15) is 101 Å². The predicted molar refractivity (Wildman–Crippen MR) is 114 cm³/mol. The number of nitrogens with one attached hydrogen (secondary N) is 2. The largest absolute Gasteiger partial charge is 0.352 e. The zero-order valence-electron chi connectivity index (χ0n) is 17.3. The van der Waals surface area contributed by atoms with E-state index in [2.05, 4.69) is 17.6 Å². The van der Waals surface area contributed by atoms with Crippen molar-refractivity contribution in [1.29, 1.82) is 0 Å². The summed E-state index contributed by atoms with van der Waals surface area (Å²) in [6, 6.07) is 7.16. The molecule has 0 aliphatic carbocycles. The van der Waals surface area contributed by atoms with Crippen LogP contribution >= 0.6 is 0 Å². The van der Waals surface area contributed by atoms with Crippen LogP contribution in [0.5, 0.6) is 0 Å². The van der Waals surface area contributed by atoms with Crippen molar-refractivity contribution in [1.82, 2.24) is 5.32 Å². The molecule has 0 fully saturated rings. The Kier molecular flexibility index (Phi) is 13.1. The molecule has 1 rings (SSSR count).